The summed E-state index contributed by atoms with van der Waals surface area (Å²) in [6.45, 7) is 5.83. The molecule has 5 nitrogen and oxygen atoms in total. The van der Waals surface area contributed by atoms with E-state index in [1.807, 2.05) is 20.8 Å². The number of carboxylic acids is 1. The predicted molar refractivity (Wildman–Crippen MR) is 75.3 cm³/mol. The van der Waals surface area contributed by atoms with Crippen LogP contribution in [-0.2, 0) is 16.4 Å². The number of benzene rings is 1. The number of carboxylic acid groups (broad SMARTS) is 1. The van der Waals surface area contributed by atoms with Crippen molar-refractivity contribution in [3.63, 3.8) is 0 Å². The van der Waals surface area contributed by atoms with Crippen molar-refractivity contribution in [3.05, 3.63) is 29.3 Å². The van der Waals surface area contributed by atoms with E-state index >= 15 is 0 Å². The van der Waals surface area contributed by atoms with Gasteiger partial charge in [0, 0.05) is 6.04 Å². The van der Waals surface area contributed by atoms with E-state index in [4.69, 9.17) is 5.11 Å². The molecule has 1 aliphatic carbocycles. The molecule has 1 fully saturated rings. The first-order chi connectivity index (χ1) is 9.17. The average Bonchev–Trinajstić information content (AvgIpc) is 2.94. The second kappa shape index (κ2) is 4.86. The molecule has 1 aromatic carbocycles. The Morgan fingerprint density at radius 1 is 1.45 bits per heavy atom. The lowest BCUT2D eigenvalue weighted by molar-refractivity contribution is 0.0696. The molecule has 1 unspecified atom stereocenters. The molecule has 6 heteroatoms. The summed E-state index contributed by atoms with van der Waals surface area (Å²) in [6, 6.07) is 4.15. The number of aromatic carboxylic acids is 1. The Bertz CT molecular complexity index is 649. The van der Waals surface area contributed by atoms with Gasteiger partial charge in [-0.25, -0.2) is 17.9 Å². The minimum atomic E-state index is -3.68. The summed E-state index contributed by atoms with van der Waals surface area (Å²) in [4.78, 5) is 11.1. The van der Waals surface area contributed by atoms with Crippen LogP contribution in [0.25, 0.3) is 0 Å². The van der Waals surface area contributed by atoms with E-state index in [-0.39, 0.29) is 21.9 Å². The number of hydrogen-bond donors (Lipinski definition) is 2. The van der Waals surface area contributed by atoms with Crippen LogP contribution in [-0.4, -0.2) is 25.5 Å². The van der Waals surface area contributed by atoms with Gasteiger partial charge in [0.15, 0.2) is 0 Å². The lowest BCUT2D eigenvalue weighted by Crippen LogP contribution is -2.29. The largest absolute Gasteiger partial charge is 0.478 e. The molecule has 110 valence electrons. The zero-order valence-corrected chi connectivity index (χ0v) is 12.6. The molecule has 1 aromatic rings. The normalized spacial score (nSPS) is 20.6. The molecule has 0 saturated heterocycles. The van der Waals surface area contributed by atoms with E-state index in [0.717, 1.165) is 6.42 Å². The zero-order chi connectivity index (χ0) is 15.1. The topological polar surface area (TPSA) is 83.5 Å². The predicted octanol–water partition coefficient (Wildman–Crippen LogP) is 2.02. The zero-order valence-electron chi connectivity index (χ0n) is 11.8. The van der Waals surface area contributed by atoms with Crippen LogP contribution in [0.15, 0.2) is 23.1 Å². The van der Waals surface area contributed by atoms with Gasteiger partial charge in [0.05, 0.1) is 10.5 Å². The quantitative estimate of drug-likeness (QED) is 0.871. The van der Waals surface area contributed by atoms with E-state index in [1.54, 1.807) is 6.07 Å². The maximum atomic E-state index is 12.4. The Balaban J connectivity index is 2.39. The van der Waals surface area contributed by atoms with Gasteiger partial charge >= 0.3 is 5.97 Å². The second-order valence-electron chi connectivity index (χ2n) is 5.85. The minimum Gasteiger partial charge on any atom is -0.478 e. The molecule has 0 bridgehead atoms. The van der Waals surface area contributed by atoms with Crippen LogP contribution >= 0.6 is 0 Å². The smallest absolute Gasteiger partial charge is 0.335 e. The third-order valence-corrected chi connectivity index (χ3v) is 5.35. The van der Waals surface area contributed by atoms with Crippen molar-refractivity contribution in [2.24, 2.45) is 5.41 Å². The Morgan fingerprint density at radius 3 is 2.50 bits per heavy atom. The van der Waals surface area contributed by atoms with Gasteiger partial charge in [0.1, 0.15) is 0 Å². The number of carbonyl (C=O) groups is 1. The van der Waals surface area contributed by atoms with Gasteiger partial charge in [0.2, 0.25) is 10.0 Å². The fourth-order valence-electron chi connectivity index (χ4n) is 2.15. The molecule has 0 radical (unpaired) electrons. The van der Waals surface area contributed by atoms with Crippen molar-refractivity contribution in [2.75, 3.05) is 0 Å². The third-order valence-electron chi connectivity index (χ3n) is 3.80. The Morgan fingerprint density at radius 2 is 2.05 bits per heavy atom. The Labute approximate surface area is 119 Å². The lowest BCUT2D eigenvalue weighted by atomic mass is 10.1. The van der Waals surface area contributed by atoms with E-state index in [2.05, 4.69) is 4.72 Å². The highest BCUT2D eigenvalue weighted by atomic mass is 32.2. The average molecular weight is 297 g/mol. The molecule has 0 aromatic heterocycles. The maximum Gasteiger partial charge on any atom is 0.335 e. The molecule has 1 aliphatic rings. The van der Waals surface area contributed by atoms with Crippen molar-refractivity contribution in [1.29, 1.82) is 0 Å². The lowest BCUT2D eigenvalue weighted by Gasteiger charge is -2.12. The van der Waals surface area contributed by atoms with E-state index in [1.165, 1.54) is 12.1 Å². The molecule has 0 amide bonds. The van der Waals surface area contributed by atoms with Crippen LogP contribution in [0.4, 0.5) is 0 Å². The number of nitrogens with one attached hydrogen (secondary N) is 1. The highest BCUT2D eigenvalue weighted by molar-refractivity contribution is 7.89. The summed E-state index contributed by atoms with van der Waals surface area (Å²) >= 11 is 0. The maximum absolute atomic E-state index is 12.4. The monoisotopic (exact) mass is 297 g/mol. The fraction of sp³-hybridized carbons (Fsp3) is 0.500. The summed E-state index contributed by atoms with van der Waals surface area (Å²) in [5.74, 6) is -1.13. The molecule has 0 heterocycles. The van der Waals surface area contributed by atoms with Crippen molar-refractivity contribution >= 4 is 16.0 Å². The molecule has 1 saturated carbocycles. The molecular weight excluding hydrogens is 278 g/mol. The van der Waals surface area contributed by atoms with Crippen molar-refractivity contribution in [2.45, 2.75) is 44.6 Å². The summed E-state index contributed by atoms with van der Waals surface area (Å²) in [7, 11) is -3.68. The molecular formula is C14H19NO4S. The van der Waals surface area contributed by atoms with Gasteiger partial charge in [-0.1, -0.05) is 26.8 Å². The summed E-state index contributed by atoms with van der Waals surface area (Å²) < 4.78 is 27.5. The van der Waals surface area contributed by atoms with E-state index < -0.39 is 16.0 Å². The van der Waals surface area contributed by atoms with Crippen LogP contribution < -0.4 is 4.72 Å². The number of sulfonamides is 1. The van der Waals surface area contributed by atoms with Gasteiger partial charge in [-0.05, 0) is 36.0 Å². The molecule has 0 aliphatic heterocycles. The Kier molecular flexibility index (Phi) is 3.64. The molecule has 20 heavy (non-hydrogen) atoms. The first kappa shape index (κ1) is 15.0. The van der Waals surface area contributed by atoms with Gasteiger partial charge in [0.25, 0.3) is 0 Å². The summed E-state index contributed by atoms with van der Waals surface area (Å²) in [5, 5.41) is 9.00. The van der Waals surface area contributed by atoms with E-state index in [9.17, 15) is 13.2 Å². The van der Waals surface area contributed by atoms with Crippen LogP contribution in [0.3, 0.4) is 0 Å². The number of hydrogen-bond acceptors (Lipinski definition) is 3. The summed E-state index contributed by atoms with van der Waals surface area (Å²) in [5.41, 5.74) is 0.586. The first-order valence-corrected chi connectivity index (χ1v) is 8.04. The van der Waals surface area contributed by atoms with Gasteiger partial charge in [-0.3, -0.25) is 0 Å². The molecule has 2 N–H and O–H groups in total. The van der Waals surface area contributed by atoms with Gasteiger partial charge in [-0.15, -0.1) is 0 Å². The molecule has 2 rings (SSSR count). The van der Waals surface area contributed by atoms with Crippen LogP contribution in [0, 0.1) is 5.41 Å². The Hall–Kier alpha value is -1.40. The highest BCUT2D eigenvalue weighted by Gasteiger charge is 2.48. The van der Waals surface area contributed by atoms with Crippen molar-refractivity contribution < 1.29 is 18.3 Å². The molecule has 1 atom stereocenters. The van der Waals surface area contributed by atoms with Crippen molar-refractivity contribution in [3.8, 4) is 0 Å². The first-order valence-electron chi connectivity index (χ1n) is 6.56. The van der Waals surface area contributed by atoms with Crippen LogP contribution in [0.1, 0.15) is 43.1 Å². The standard InChI is InChI=1S/C14H19NO4S/c1-4-9-5-6-10(13(16)17)7-11(9)20(18,19)15-12-8-14(12,2)3/h5-7,12,15H,4,8H2,1-3H3,(H,16,17). The van der Waals surface area contributed by atoms with Gasteiger partial charge in [-0.2, -0.15) is 0 Å². The third kappa shape index (κ3) is 2.86. The minimum absolute atomic E-state index is 0.0161. The highest BCUT2D eigenvalue weighted by Crippen LogP contribution is 2.45. The fourth-order valence-corrected chi connectivity index (χ4v) is 3.89. The summed E-state index contributed by atoms with van der Waals surface area (Å²) in [6.07, 6.45) is 1.33. The van der Waals surface area contributed by atoms with Crippen LogP contribution in [0.5, 0.6) is 0 Å². The molecule has 0 spiro atoms. The van der Waals surface area contributed by atoms with E-state index in [0.29, 0.717) is 12.0 Å². The second-order valence-corrected chi connectivity index (χ2v) is 7.53. The number of rotatable bonds is 5. The number of aryl methyl sites for hydroxylation is 1. The van der Waals surface area contributed by atoms with Crippen LogP contribution in [0.2, 0.25) is 0 Å². The van der Waals surface area contributed by atoms with Gasteiger partial charge < -0.3 is 5.11 Å². The SMILES string of the molecule is CCc1ccc(C(=O)O)cc1S(=O)(=O)NC1CC1(C)C. The van der Waals surface area contributed by atoms with Crippen molar-refractivity contribution in [1.82, 2.24) is 4.72 Å².